The first kappa shape index (κ1) is 12.4. The lowest BCUT2D eigenvalue weighted by atomic mass is 10.1. The number of pyridine rings is 1. The van der Waals surface area contributed by atoms with Crippen molar-refractivity contribution in [3.05, 3.63) is 22.2 Å². The zero-order chi connectivity index (χ0) is 13.6. The third kappa shape index (κ3) is 2.08. The quantitative estimate of drug-likeness (QED) is 0.885. The zero-order valence-corrected chi connectivity index (χ0v) is 11.9. The van der Waals surface area contributed by atoms with Crippen LogP contribution in [-0.2, 0) is 12.8 Å². The van der Waals surface area contributed by atoms with E-state index < -0.39 is 0 Å². The highest BCUT2D eigenvalue weighted by molar-refractivity contribution is 7.21. The van der Waals surface area contributed by atoms with Crippen molar-refractivity contribution < 1.29 is 4.79 Å². The number of carbonyl (C=O) groups excluding carboxylic acids is 1. The number of hydrogen-bond acceptors (Lipinski definition) is 4. The molecule has 0 unspecified atom stereocenters. The van der Waals surface area contributed by atoms with Crippen LogP contribution in [0.5, 0.6) is 0 Å². The molecule has 2 aromatic rings. The number of aromatic nitrogens is 1. The van der Waals surface area contributed by atoms with Gasteiger partial charge in [0.2, 0.25) is 0 Å². The molecule has 100 valence electrons. The van der Waals surface area contributed by atoms with Crippen LogP contribution in [0.2, 0.25) is 0 Å². The molecule has 1 aliphatic rings. The van der Waals surface area contributed by atoms with Gasteiger partial charge in [0.25, 0.3) is 5.91 Å². The average molecular weight is 275 g/mol. The number of nitrogens with two attached hydrogens (primary N) is 1. The molecule has 1 aliphatic carbocycles. The Morgan fingerprint density at radius 3 is 3.00 bits per heavy atom. The van der Waals surface area contributed by atoms with Gasteiger partial charge in [0.1, 0.15) is 9.71 Å². The fourth-order valence-electron chi connectivity index (χ4n) is 2.49. The summed E-state index contributed by atoms with van der Waals surface area (Å²) in [4.78, 5) is 18.2. The summed E-state index contributed by atoms with van der Waals surface area (Å²) in [6.45, 7) is 3.88. The van der Waals surface area contributed by atoms with Crippen LogP contribution in [0.4, 0.5) is 5.69 Å². The lowest BCUT2D eigenvalue weighted by Gasteiger charge is -2.06. The van der Waals surface area contributed by atoms with Crippen LogP contribution in [-0.4, -0.2) is 16.9 Å². The van der Waals surface area contributed by atoms with Crippen molar-refractivity contribution in [2.45, 2.75) is 39.2 Å². The summed E-state index contributed by atoms with van der Waals surface area (Å²) in [5.74, 6) is -0.101. The van der Waals surface area contributed by atoms with E-state index in [4.69, 9.17) is 5.73 Å². The number of nitrogens with zero attached hydrogens (tertiary/aromatic N) is 1. The lowest BCUT2D eigenvalue weighted by Crippen LogP contribution is -2.29. The summed E-state index contributed by atoms with van der Waals surface area (Å²) in [6, 6.07) is 2.22. The minimum atomic E-state index is -0.101. The van der Waals surface area contributed by atoms with Crippen LogP contribution in [0.3, 0.4) is 0 Å². The second-order valence-corrected chi connectivity index (χ2v) is 6.27. The lowest BCUT2D eigenvalue weighted by molar-refractivity contribution is 0.0948. The maximum atomic E-state index is 12.1. The molecule has 5 heteroatoms. The van der Waals surface area contributed by atoms with E-state index in [1.165, 1.54) is 29.0 Å². The van der Waals surface area contributed by atoms with Crippen molar-refractivity contribution in [1.82, 2.24) is 10.3 Å². The highest BCUT2D eigenvalue weighted by Gasteiger charge is 2.21. The highest BCUT2D eigenvalue weighted by Crippen LogP contribution is 2.35. The molecule has 0 bridgehead atoms. The van der Waals surface area contributed by atoms with Gasteiger partial charge >= 0.3 is 0 Å². The molecule has 0 aromatic carbocycles. The van der Waals surface area contributed by atoms with Gasteiger partial charge in [-0.25, -0.2) is 4.98 Å². The molecule has 0 aliphatic heterocycles. The minimum Gasteiger partial charge on any atom is -0.397 e. The van der Waals surface area contributed by atoms with Crippen LogP contribution >= 0.6 is 11.3 Å². The number of fused-ring (bicyclic) bond motifs is 2. The third-order valence-electron chi connectivity index (χ3n) is 3.38. The van der Waals surface area contributed by atoms with Gasteiger partial charge in [0.05, 0.1) is 5.69 Å². The Hall–Kier alpha value is -1.62. The molecule has 0 saturated carbocycles. The Kier molecular flexibility index (Phi) is 2.93. The molecular weight excluding hydrogens is 258 g/mol. The second kappa shape index (κ2) is 4.49. The van der Waals surface area contributed by atoms with E-state index in [0.29, 0.717) is 10.6 Å². The van der Waals surface area contributed by atoms with Crippen LogP contribution < -0.4 is 11.1 Å². The van der Waals surface area contributed by atoms with Crippen LogP contribution in [0.25, 0.3) is 10.2 Å². The molecule has 2 heterocycles. The Morgan fingerprint density at radius 2 is 2.26 bits per heavy atom. The smallest absolute Gasteiger partial charge is 0.263 e. The molecule has 3 N–H and O–H groups in total. The zero-order valence-electron chi connectivity index (χ0n) is 11.1. The predicted molar refractivity (Wildman–Crippen MR) is 78.7 cm³/mol. The standard InChI is InChI=1S/C14H17N3OS/c1-7(2)16-13(18)12-11(15)9-6-8-4-3-5-10(8)17-14(9)19-12/h6-7H,3-5,15H2,1-2H3,(H,16,18). The van der Waals surface area contributed by atoms with Gasteiger partial charge in [-0.15, -0.1) is 11.3 Å². The Balaban J connectivity index is 2.08. The van der Waals surface area contributed by atoms with Crippen LogP contribution in [0, 0.1) is 0 Å². The van der Waals surface area contributed by atoms with E-state index in [-0.39, 0.29) is 11.9 Å². The van der Waals surface area contributed by atoms with Crippen molar-refractivity contribution in [3.63, 3.8) is 0 Å². The Labute approximate surface area is 116 Å². The number of carbonyl (C=O) groups is 1. The van der Waals surface area contributed by atoms with Gasteiger partial charge in [-0.3, -0.25) is 4.79 Å². The van der Waals surface area contributed by atoms with Gasteiger partial charge < -0.3 is 11.1 Å². The van der Waals surface area contributed by atoms with E-state index in [0.717, 1.165) is 23.1 Å². The van der Waals surface area contributed by atoms with Gasteiger partial charge in [0.15, 0.2) is 0 Å². The van der Waals surface area contributed by atoms with Crippen molar-refractivity contribution >= 4 is 33.1 Å². The molecular formula is C14H17N3OS. The van der Waals surface area contributed by atoms with Gasteiger partial charge in [-0.2, -0.15) is 0 Å². The summed E-state index contributed by atoms with van der Waals surface area (Å²) in [7, 11) is 0. The SMILES string of the molecule is CC(C)NC(=O)c1sc2nc3c(cc2c1N)CCC3. The first-order valence-corrected chi connectivity index (χ1v) is 7.39. The van der Waals surface area contributed by atoms with E-state index in [1.807, 2.05) is 13.8 Å². The largest absolute Gasteiger partial charge is 0.397 e. The molecule has 0 fully saturated rings. The molecule has 1 amide bonds. The number of aryl methyl sites for hydroxylation is 2. The number of rotatable bonds is 2. The number of thiophene rings is 1. The summed E-state index contributed by atoms with van der Waals surface area (Å²) in [6.07, 6.45) is 3.28. The fraction of sp³-hybridized carbons (Fsp3) is 0.429. The number of nitrogens with one attached hydrogen (secondary N) is 1. The number of amides is 1. The molecule has 4 nitrogen and oxygen atoms in total. The van der Waals surface area contributed by atoms with Gasteiger partial charge in [0, 0.05) is 17.1 Å². The molecule has 0 spiro atoms. The Bertz CT molecular complexity index is 660. The molecule has 19 heavy (non-hydrogen) atoms. The van der Waals surface area contributed by atoms with Crippen LogP contribution in [0.15, 0.2) is 6.07 Å². The number of hydrogen-bond donors (Lipinski definition) is 2. The topological polar surface area (TPSA) is 68.0 Å². The highest BCUT2D eigenvalue weighted by atomic mass is 32.1. The fourth-order valence-corrected chi connectivity index (χ4v) is 3.49. The molecule has 2 aromatic heterocycles. The Morgan fingerprint density at radius 1 is 1.47 bits per heavy atom. The van der Waals surface area contributed by atoms with E-state index in [2.05, 4.69) is 16.4 Å². The second-order valence-electron chi connectivity index (χ2n) is 5.27. The van der Waals surface area contributed by atoms with Crippen molar-refractivity contribution in [3.8, 4) is 0 Å². The number of nitrogen functional groups attached to an aromatic ring is 1. The molecule has 3 rings (SSSR count). The van der Waals surface area contributed by atoms with Crippen LogP contribution in [0.1, 0.15) is 41.2 Å². The summed E-state index contributed by atoms with van der Waals surface area (Å²) < 4.78 is 0. The summed E-state index contributed by atoms with van der Waals surface area (Å²) in [5.41, 5.74) is 9.14. The van der Waals surface area contributed by atoms with Crippen molar-refractivity contribution in [2.75, 3.05) is 5.73 Å². The number of anilines is 1. The maximum Gasteiger partial charge on any atom is 0.263 e. The van der Waals surface area contributed by atoms with Gasteiger partial charge in [-0.1, -0.05) is 0 Å². The maximum absolute atomic E-state index is 12.1. The van der Waals surface area contributed by atoms with E-state index in [9.17, 15) is 4.79 Å². The molecule has 0 saturated heterocycles. The van der Waals surface area contributed by atoms with Gasteiger partial charge in [-0.05, 0) is 44.7 Å². The predicted octanol–water partition coefficient (Wildman–Crippen LogP) is 2.51. The normalized spacial score (nSPS) is 14.1. The summed E-state index contributed by atoms with van der Waals surface area (Å²) >= 11 is 1.39. The monoisotopic (exact) mass is 275 g/mol. The minimum absolute atomic E-state index is 0.101. The van der Waals surface area contributed by atoms with E-state index in [1.54, 1.807) is 0 Å². The first-order chi connectivity index (χ1) is 9.06. The van der Waals surface area contributed by atoms with Crippen molar-refractivity contribution in [1.29, 1.82) is 0 Å². The average Bonchev–Trinajstić information content (AvgIpc) is 2.91. The van der Waals surface area contributed by atoms with E-state index >= 15 is 0 Å². The first-order valence-electron chi connectivity index (χ1n) is 6.58. The summed E-state index contributed by atoms with van der Waals surface area (Å²) in [5, 5.41) is 3.81. The molecule has 0 radical (unpaired) electrons. The molecule has 0 atom stereocenters. The third-order valence-corrected chi connectivity index (χ3v) is 4.49. The van der Waals surface area contributed by atoms with Crippen molar-refractivity contribution in [2.24, 2.45) is 0 Å².